The van der Waals surface area contributed by atoms with Crippen molar-refractivity contribution >= 4 is 28.7 Å². The normalized spacial score (nSPS) is 14.4. The van der Waals surface area contributed by atoms with Gasteiger partial charge in [-0.3, -0.25) is 0 Å². The average molecular weight is 345 g/mol. The molecule has 0 amide bonds. The molecule has 4 nitrogen and oxygen atoms in total. The van der Waals surface area contributed by atoms with Crippen LogP contribution in [-0.2, 0) is 0 Å². The number of ether oxygens (including phenoxy) is 1. The number of benzene rings is 2. The Morgan fingerprint density at radius 3 is 2.33 bits per heavy atom. The van der Waals surface area contributed by atoms with Gasteiger partial charge in [-0.1, -0.05) is 12.1 Å². The summed E-state index contributed by atoms with van der Waals surface area (Å²) in [6, 6.07) is 14.5. The molecule has 2 aromatic rings. The van der Waals surface area contributed by atoms with Gasteiger partial charge in [0.2, 0.25) is 0 Å². The summed E-state index contributed by atoms with van der Waals surface area (Å²) in [6.45, 7) is 3.00. The van der Waals surface area contributed by atoms with Gasteiger partial charge in [0.15, 0.2) is 5.11 Å². The highest BCUT2D eigenvalue weighted by atomic mass is 32.1. The largest absolute Gasteiger partial charge is 0.497 e. The van der Waals surface area contributed by atoms with E-state index in [1.165, 1.54) is 6.07 Å². The molecule has 1 saturated heterocycles. The summed E-state index contributed by atoms with van der Waals surface area (Å²) in [4.78, 5) is 4.17. The van der Waals surface area contributed by atoms with E-state index in [0.717, 1.165) is 37.6 Å². The topological polar surface area (TPSA) is 27.7 Å². The molecule has 0 atom stereocenters. The first-order valence-corrected chi connectivity index (χ1v) is 8.27. The van der Waals surface area contributed by atoms with Crippen LogP contribution in [-0.4, -0.2) is 43.3 Å². The third kappa shape index (κ3) is 3.76. The molecular weight excluding hydrogens is 325 g/mol. The maximum Gasteiger partial charge on any atom is 0.173 e. The SMILES string of the molecule is COc1ccc(NC(=S)N2CCN(c3ccccc3F)CC2)cc1. The van der Waals surface area contributed by atoms with Crippen LogP contribution in [0.15, 0.2) is 48.5 Å². The van der Waals surface area contributed by atoms with Crippen LogP contribution in [0.25, 0.3) is 0 Å². The lowest BCUT2D eigenvalue weighted by molar-refractivity contribution is 0.388. The van der Waals surface area contributed by atoms with Crippen molar-refractivity contribution in [2.24, 2.45) is 0 Å². The molecule has 0 spiro atoms. The summed E-state index contributed by atoms with van der Waals surface area (Å²) in [7, 11) is 1.64. The summed E-state index contributed by atoms with van der Waals surface area (Å²) in [6.07, 6.45) is 0. The Labute approximate surface area is 146 Å². The number of piperazine rings is 1. The molecule has 0 aromatic heterocycles. The number of methoxy groups -OCH3 is 1. The summed E-state index contributed by atoms with van der Waals surface area (Å²) in [5.74, 6) is 0.634. The Bertz CT molecular complexity index is 700. The lowest BCUT2D eigenvalue weighted by atomic mass is 10.2. The monoisotopic (exact) mass is 345 g/mol. The number of thiocarbonyl (C=S) groups is 1. The number of nitrogens with one attached hydrogen (secondary N) is 1. The number of anilines is 2. The maximum atomic E-state index is 13.9. The van der Waals surface area contributed by atoms with Crippen molar-refractivity contribution in [2.75, 3.05) is 43.5 Å². The van der Waals surface area contributed by atoms with Gasteiger partial charge in [0.05, 0.1) is 12.8 Å². The fourth-order valence-electron chi connectivity index (χ4n) is 2.74. The molecule has 1 aliphatic heterocycles. The number of para-hydroxylation sites is 1. The van der Waals surface area contributed by atoms with Gasteiger partial charge in [-0.2, -0.15) is 0 Å². The van der Waals surface area contributed by atoms with E-state index in [4.69, 9.17) is 17.0 Å². The van der Waals surface area contributed by atoms with Gasteiger partial charge in [-0.05, 0) is 48.6 Å². The summed E-state index contributed by atoms with van der Waals surface area (Å²) >= 11 is 5.49. The molecule has 3 rings (SSSR count). The Morgan fingerprint density at radius 1 is 1.04 bits per heavy atom. The molecule has 1 fully saturated rings. The van der Waals surface area contributed by atoms with Gasteiger partial charge in [0.25, 0.3) is 0 Å². The number of nitrogens with zero attached hydrogens (tertiary/aromatic N) is 2. The third-order valence-electron chi connectivity index (χ3n) is 4.10. The van der Waals surface area contributed by atoms with Gasteiger partial charge < -0.3 is 19.9 Å². The van der Waals surface area contributed by atoms with Gasteiger partial charge in [0, 0.05) is 31.9 Å². The minimum absolute atomic E-state index is 0.176. The first-order chi connectivity index (χ1) is 11.7. The molecule has 1 heterocycles. The lowest BCUT2D eigenvalue weighted by Crippen LogP contribution is -2.50. The summed E-state index contributed by atoms with van der Waals surface area (Å²) in [5, 5.41) is 3.93. The molecular formula is C18H20FN3OS. The summed E-state index contributed by atoms with van der Waals surface area (Å²) < 4.78 is 19.0. The Morgan fingerprint density at radius 2 is 1.71 bits per heavy atom. The zero-order valence-corrected chi connectivity index (χ0v) is 14.4. The van der Waals surface area contributed by atoms with Crippen LogP contribution in [0.2, 0.25) is 0 Å². The van der Waals surface area contributed by atoms with Crippen LogP contribution < -0.4 is 15.0 Å². The van der Waals surface area contributed by atoms with Crippen molar-refractivity contribution in [1.29, 1.82) is 0 Å². The summed E-state index contributed by atoms with van der Waals surface area (Å²) in [5.41, 5.74) is 1.59. The fraction of sp³-hybridized carbons (Fsp3) is 0.278. The second-order valence-corrected chi connectivity index (χ2v) is 5.97. The predicted molar refractivity (Wildman–Crippen MR) is 99.4 cm³/mol. The van der Waals surface area contributed by atoms with Crippen LogP contribution in [0.5, 0.6) is 5.75 Å². The molecule has 6 heteroatoms. The highest BCUT2D eigenvalue weighted by Gasteiger charge is 2.20. The zero-order valence-electron chi connectivity index (χ0n) is 13.5. The van der Waals surface area contributed by atoms with E-state index in [9.17, 15) is 4.39 Å². The number of hydrogen-bond acceptors (Lipinski definition) is 3. The van der Waals surface area contributed by atoms with E-state index in [-0.39, 0.29) is 5.82 Å². The predicted octanol–water partition coefficient (Wildman–Crippen LogP) is 3.35. The highest BCUT2D eigenvalue weighted by Crippen LogP contribution is 2.21. The van der Waals surface area contributed by atoms with E-state index in [1.54, 1.807) is 13.2 Å². The molecule has 0 saturated carbocycles. The standard InChI is InChI=1S/C18H20FN3OS/c1-23-15-8-6-14(7-9-15)20-18(24)22-12-10-21(11-13-22)17-5-3-2-4-16(17)19/h2-9H,10-13H2,1H3,(H,20,24). The van der Waals surface area contributed by atoms with Gasteiger partial charge in [-0.15, -0.1) is 0 Å². The van der Waals surface area contributed by atoms with Crippen molar-refractivity contribution < 1.29 is 9.13 Å². The Balaban J connectivity index is 1.56. The zero-order chi connectivity index (χ0) is 16.9. The van der Waals surface area contributed by atoms with Crippen molar-refractivity contribution in [2.45, 2.75) is 0 Å². The smallest absolute Gasteiger partial charge is 0.173 e. The molecule has 0 bridgehead atoms. The number of halogens is 1. The van der Waals surface area contributed by atoms with E-state index in [2.05, 4.69) is 15.1 Å². The molecule has 0 radical (unpaired) electrons. The van der Waals surface area contributed by atoms with Gasteiger partial charge in [-0.25, -0.2) is 4.39 Å². The van der Waals surface area contributed by atoms with E-state index in [1.807, 2.05) is 36.4 Å². The third-order valence-corrected chi connectivity index (χ3v) is 4.46. The van der Waals surface area contributed by atoms with Crippen molar-refractivity contribution in [1.82, 2.24) is 4.90 Å². The molecule has 2 aromatic carbocycles. The maximum absolute atomic E-state index is 13.9. The molecule has 24 heavy (non-hydrogen) atoms. The highest BCUT2D eigenvalue weighted by molar-refractivity contribution is 7.80. The van der Waals surface area contributed by atoms with Crippen LogP contribution in [0.3, 0.4) is 0 Å². The van der Waals surface area contributed by atoms with Crippen molar-refractivity contribution in [3.63, 3.8) is 0 Å². The molecule has 1 aliphatic rings. The number of rotatable bonds is 3. The second kappa shape index (κ2) is 7.49. The van der Waals surface area contributed by atoms with Gasteiger partial charge in [0.1, 0.15) is 11.6 Å². The van der Waals surface area contributed by atoms with Gasteiger partial charge >= 0.3 is 0 Å². The van der Waals surface area contributed by atoms with E-state index < -0.39 is 0 Å². The first kappa shape index (κ1) is 16.5. The first-order valence-electron chi connectivity index (χ1n) is 7.87. The van der Waals surface area contributed by atoms with Crippen LogP contribution in [0.1, 0.15) is 0 Å². The van der Waals surface area contributed by atoms with Crippen LogP contribution in [0, 0.1) is 5.82 Å². The van der Waals surface area contributed by atoms with E-state index >= 15 is 0 Å². The van der Waals surface area contributed by atoms with Crippen LogP contribution in [0.4, 0.5) is 15.8 Å². The lowest BCUT2D eigenvalue weighted by Gasteiger charge is -2.37. The molecule has 126 valence electrons. The Hall–Kier alpha value is -2.34. The minimum Gasteiger partial charge on any atom is -0.497 e. The molecule has 0 aliphatic carbocycles. The van der Waals surface area contributed by atoms with Crippen molar-refractivity contribution in [3.8, 4) is 5.75 Å². The van der Waals surface area contributed by atoms with Crippen molar-refractivity contribution in [3.05, 3.63) is 54.3 Å². The minimum atomic E-state index is -0.176. The second-order valence-electron chi connectivity index (χ2n) is 5.58. The molecule has 0 unspecified atom stereocenters. The Kier molecular flexibility index (Phi) is 5.15. The number of hydrogen-bond donors (Lipinski definition) is 1. The average Bonchev–Trinajstić information content (AvgIpc) is 2.63. The van der Waals surface area contributed by atoms with Crippen LogP contribution >= 0.6 is 12.2 Å². The molecule has 1 N–H and O–H groups in total. The fourth-order valence-corrected chi connectivity index (χ4v) is 3.04. The quantitative estimate of drug-likeness (QED) is 0.861. The van der Waals surface area contributed by atoms with E-state index in [0.29, 0.717) is 10.8 Å².